The number of carbonyl (C=O) groups excluding carboxylic acids is 3. The van der Waals surface area contributed by atoms with Crippen molar-refractivity contribution in [3.63, 3.8) is 0 Å². The maximum atomic E-state index is 12.8. The van der Waals surface area contributed by atoms with E-state index in [1.54, 1.807) is 0 Å². The normalized spacial score (nSPS) is 12.1. The van der Waals surface area contributed by atoms with Gasteiger partial charge in [0.15, 0.2) is 6.10 Å². The van der Waals surface area contributed by atoms with Crippen LogP contribution < -0.4 is 0 Å². The Hall–Kier alpha value is -2.11. The molecule has 0 aliphatic carbocycles. The quantitative estimate of drug-likeness (QED) is 0.0262. The van der Waals surface area contributed by atoms with E-state index >= 15 is 0 Å². The standard InChI is InChI=1S/C56H104O6/c1-4-7-10-13-16-19-22-24-26-28-30-32-34-37-40-43-46-49-55(58)61-52-53(51-60-54(57)48-45-42-39-36-21-18-15-12-9-6-3)62-56(59)50-47-44-41-38-35-33-31-29-27-25-23-20-17-14-11-8-5-2/h15,18,24,26,53H,4-14,16-17,19-23,25,27-52H2,1-3H3/b18-15-,26-24-. The Labute approximate surface area is 385 Å². The van der Waals surface area contributed by atoms with Gasteiger partial charge >= 0.3 is 17.9 Å². The fourth-order valence-electron chi connectivity index (χ4n) is 8.01. The van der Waals surface area contributed by atoms with Gasteiger partial charge in [-0.1, -0.05) is 238 Å². The third-order valence-corrected chi connectivity index (χ3v) is 12.2. The van der Waals surface area contributed by atoms with Crippen LogP contribution in [-0.2, 0) is 28.6 Å². The smallest absolute Gasteiger partial charge is 0.306 e. The van der Waals surface area contributed by atoms with E-state index in [1.807, 2.05) is 0 Å². The van der Waals surface area contributed by atoms with Crippen molar-refractivity contribution in [1.82, 2.24) is 0 Å². The van der Waals surface area contributed by atoms with Crippen molar-refractivity contribution in [2.45, 2.75) is 303 Å². The summed E-state index contributed by atoms with van der Waals surface area (Å²) in [7, 11) is 0. The van der Waals surface area contributed by atoms with Gasteiger partial charge in [0.1, 0.15) is 13.2 Å². The Morgan fingerprint density at radius 1 is 0.306 bits per heavy atom. The summed E-state index contributed by atoms with van der Waals surface area (Å²) in [6.45, 7) is 6.61. The molecule has 0 rings (SSSR count). The molecule has 1 unspecified atom stereocenters. The first-order valence-electron chi connectivity index (χ1n) is 27.3. The molecule has 0 saturated heterocycles. The highest BCUT2D eigenvalue weighted by Crippen LogP contribution is 2.16. The molecule has 0 aromatic rings. The van der Waals surface area contributed by atoms with Crippen LogP contribution in [0.1, 0.15) is 297 Å². The number of carbonyl (C=O) groups is 3. The number of hydrogen-bond acceptors (Lipinski definition) is 6. The molecule has 0 heterocycles. The van der Waals surface area contributed by atoms with E-state index in [4.69, 9.17) is 14.2 Å². The van der Waals surface area contributed by atoms with Gasteiger partial charge in [-0.05, 0) is 64.2 Å². The van der Waals surface area contributed by atoms with Gasteiger partial charge in [0, 0.05) is 19.3 Å². The molecule has 0 N–H and O–H groups in total. The largest absolute Gasteiger partial charge is 0.462 e. The Kier molecular flexibility index (Phi) is 49.8. The van der Waals surface area contributed by atoms with Crippen LogP contribution in [0.2, 0.25) is 0 Å². The molecule has 0 aliphatic heterocycles. The summed E-state index contributed by atoms with van der Waals surface area (Å²) in [6, 6.07) is 0. The van der Waals surface area contributed by atoms with Crippen LogP contribution in [0.15, 0.2) is 24.3 Å². The average Bonchev–Trinajstić information content (AvgIpc) is 3.27. The van der Waals surface area contributed by atoms with E-state index < -0.39 is 6.10 Å². The van der Waals surface area contributed by atoms with Gasteiger partial charge in [-0.2, -0.15) is 0 Å². The van der Waals surface area contributed by atoms with E-state index in [2.05, 4.69) is 45.1 Å². The summed E-state index contributed by atoms with van der Waals surface area (Å²) >= 11 is 0. The topological polar surface area (TPSA) is 78.9 Å². The SMILES string of the molecule is CCCC/C=C\CCCCCCC(=O)OCC(COC(=O)CCCCCCCCC/C=C\CCCCCCCC)OC(=O)CCCCCCCCCCCCCCCCCCC. The zero-order chi connectivity index (χ0) is 45.1. The highest BCUT2D eigenvalue weighted by molar-refractivity contribution is 5.71. The Bertz CT molecular complexity index is 1000. The molecular formula is C56H104O6. The molecule has 6 heteroatoms. The molecule has 0 bridgehead atoms. The van der Waals surface area contributed by atoms with Crippen molar-refractivity contribution in [1.29, 1.82) is 0 Å². The Morgan fingerprint density at radius 3 is 0.855 bits per heavy atom. The lowest BCUT2D eigenvalue weighted by atomic mass is 10.0. The van der Waals surface area contributed by atoms with E-state index in [0.717, 1.165) is 77.0 Å². The molecule has 0 aromatic heterocycles. The molecule has 0 fully saturated rings. The van der Waals surface area contributed by atoms with Crippen molar-refractivity contribution < 1.29 is 28.6 Å². The number of rotatable bonds is 50. The number of unbranched alkanes of at least 4 members (excludes halogenated alkanes) is 35. The molecule has 1 atom stereocenters. The fraction of sp³-hybridized carbons (Fsp3) is 0.875. The second kappa shape index (κ2) is 51.5. The predicted octanol–water partition coefficient (Wildman–Crippen LogP) is 17.9. The second-order valence-corrected chi connectivity index (χ2v) is 18.5. The van der Waals surface area contributed by atoms with Gasteiger partial charge in [0.05, 0.1) is 0 Å². The minimum atomic E-state index is -0.772. The number of allylic oxidation sites excluding steroid dienone is 4. The van der Waals surface area contributed by atoms with Crippen molar-refractivity contribution in [3.05, 3.63) is 24.3 Å². The molecule has 0 spiro atoms. The zero-order valence-electron chi connectivity index (χ0n) is 41.7. The summed E-state index contributed by atoms with van der Waals surface area (Å²) in [5, 5.41) is 0. The molecule has 0 aromatic carbocycles. The summed E-state index contributed by atoms with van der Waals surface area (Å²) in [4.78, 5) is 38.0. The molecule has 364 valence electrons. The highest BCUT2D eigenvalue weighted by Gasteiger charge is 2.19. The van der Waals surface area contributed by atoms with Gasteiger partial charge < -0.3 is 14.2 Å². The van der Waals surface area contributed by atoms with Crippen molar-refractivity contribution in [3.8, 4) is 0 Å². The lowest BCUT2D eigenvalue weighted by Crippen LogP contribution is -2.30. The number of hydrogen-bond donors (Lipinski definition) is 0. The highest BCUT2D eigenvalue weighted by atomic mass is 16.6. The molecule has 0 aliphatic rings. The van der Waals surface area contributed by atoms with Gasteiger partial charge in [0.25, 0.3) is 0 Å². The molecule has 0 amide bonds. The first kappa shape index (κ1) is 59.9. The molecule has 6 nitrogen and oxygen atoms in total. The summed E-state index contributed by atoms with van der Waals surface area (Å²) in [5.41, 5.74) is 0. The average molecular weight is 873 g/mol. The van der Waals surface area contributed by atoms with Gasteiger partial charge in [0.2, 0.25) is 0 Å². The van der Waals surface area contributed by atoms with Crippen LogP contribution in [0.5, 0.6) is 0 Å². The molecule has 0 radical (unpaired) electrons. The first-order chi connectivity index (χ1) is 30.5. The monoisotopic (exact) mass is 873 g/mol. The predicted molar refractivity (Wildman–Crippen MR) is 266 cm³/mol. The summed E-state index contributed by atoms with van der Waals surface area (Å²) < 4.78 is 16.8. The lowest BCUT2D eigenvalue weighted by Gasteiger charge is -2.18. The number of esters is 3. The maximum Gasteiger partial charge on any atom is 0.306 e. The van der Waals surface area contributed by atoms with E-state index in [-0.39, 0.29) is 31.1 Å². The van der Waals surface area contributed by atoms with Crippen molar-refractivity contribution in [2.24, 2.45) is 0 Å². The maximum absolute atomic E-state index is 12.8. The molecular weight excluding hydrogens is 769 g/mol. The zero-order valence-corrected chi connectivity index (χ0v) is 41.7. The third kappa shape index (κ3) is 48.9. The van der Waals surface area contributed by atoms with Crippen LogP contribution in [-0.4, -0.2) is 37.2 Å². The van der Waals surface area contributed by atoms with E-state index in [9.17, 15) is 14.4 Å². The van der Waals surface area contributed by atoms with Crippen LogP contribution in [0.3, 0.4) is 0 Å². The van der Waals surface area contributed by atoms with Crippen LogP contribution in [0.25, 0.3) is 0 Å². The van der Waals surface area contributed by atoms with Crippen LogP contribution >= 0.6 is 0 Å². The summed E-state index contributed by atoms with van der Waals surface area (Å²) in [6.07, 6.45) is 58.8. The van der Waals surface area contributed by atoms with E-state index in [1.165, 1.54) is 180 Å². The Morgan fingerprint density at radius 2 is 0.548 bits per heavy atom. The van der Waals surface area contributed by atoms with Gasteiger partial charge in [-0.25, -0.2) is 0 Å². The minimum Gasteiger partial charge on any atom is -0.462 e. The molecule has 0 saturated carbocycles. The lowest BCUT2D eigenvalue weighted by molar-refractivity contribution is -0.167. The Balaban J connectivity index is 4.29. The minimum absolute atomic E-state index is 0.0733. The second-order valence-electron chi connectivity index (χ2n) is 18.5. The van der Waals surface area contributed by atoms with Crippen molar-refractivity contribution >= 4 is 17.9 Å². The van der Waals surface area contributed by atoms with Crippen molar-refractivity contribution in [2.75, 3.05) is 13.2 Å². The molecule has 62 heavy (non-hydrogen) atoms. The van der Waals surface area contributed by atoms with Gasteiger partial charge in [-0.3, -0.25) is 14.4 Å². The fourth-order valence-corrected chi connectivity index (χ4v) is 8.01. The third-order valence-electron chi connectivity index (χ3n) is 12.2. The van der Waals surface area contributed by atoms with Crippen LogP contribution in [0, 0.1) is 0 Å². The van der Waals surface area contributed by atoms with E-state index in [0.29, 0.717) is 19.3 Å². The first-order valence-corrected chi connectivity index (χ1v) is 27.3. The van der Waals surface area contributed by atoms with Crippen LogP contribution in [0.4, 0.5) is 0 Å². The summed E-state index contributed by atoms with van der Waals surface area (Å²) in [5.74, 6) is -0.876. The van der Waals surface area contributed by atoms with Gasteiger partial charge in [-0.15, -0.1) is 0 Å². The number of ether oxygens (including phenoxy) is 3.